The first-order valence-corrected chi connectivity index (χ1v) is 6.75. The molecule has 0 heterocycles. The third-order valence-electron chi connectivity index (χ3n) is 2.62. The zero-order valence-electron chi connectivity index (χ0n) is 9.16. The van der Waals surface area contributed by atoms with Crippen molar-refractivity contribution in [1.29, 1.82) is 0 Å². The molecule has 4 nitrogen and oxygen atoms in total. The van der Waals surface area contributed by atoms with Crippen LogP contribution in [0.2, 0.25) is 0 Å². The van der Waals surface area contributed by atoms with Crippen molar-refractivity contribution in [2.75, 3.05) is 20.3 Å². The molecular formula is C10H19NO3S. The Morgan fingerprint density at radius 1 is 1.60 bits per heavy atom. The van der Waals surface area contributed by atoms with Crippen molar-refractivity contribution in [2.24, 2.45) is 0 Å². The van der Waals surface area contributed by atoms with Gasteiger partial charge in [-0.25, -0.2) is 13.1 Å². The Balaban J connectivity index is 2.49. The van der Waals surface area contributed by atoms with E-state index in [0.29, 0.717) is 19.6 Å². The van der Waals surface area contributed by atoms with Crippen LogP contribution in [0.1, 0.15) is 25.7 Å². The first kappa shape index (κ1) is 12.7. The van der Waals surface area contributed by atoms with E-state index in [0.717, 1.165) is 24.8 Å². The van der Waals surface area contributed by atoms with Gasteiger partial charge in [0.2, 0.25) is 10.0 Å². The SMILES string of the molecule is C=C1CCCC(S(=O)(=O)NCCOC)C1. The van der Waals surface area contributed by atoms with Gasteiger partial charge in [0, 0.05) is 13.7 Å². The molecule has 0 amide bonds. The predicted octanol–water partition coefficient (Wildman–Crippen LogP) is 1.05. The van der Waals surface area contributed by atoms with Crippen molar-refractivity contribution in [2.45, 2.75) is 30.9 Å². The number of ether oxygens (including phenoxy) is 1. The van der Waals surface area contributed by atoms with Crippen LogP contribution in [-0.2, 0) is 14.8 Å². The van der Waals surface area contributed by atoms with Crippen LogP contribution in [0.5, 0.6) is 0 Å². The van der Waals surface area contributed by atoms with Gasteiger partial charge in [0.1, 0.15) is 0 Å². The van der Waals surface area contributed by atoms with Crippen molar-refractivity contribution in [3.8, 4) is 0 Å². The average Bonchev–Trinajstić information content (AvgIpc) is 2.18. The van der Waals surface area contributed by atoms with Crippen LogP contribution in [0, 0.1) is 0 Å². The zero-order valence-corrected chi connectivity index (χ0v) is 9.98. The highest BCUT2D eigenvalue weighted by Crippen LogP contribution is 2.26. The summed E-state index contributed by atoms with van der Waals surface area (Å²) >= 11 is 0. The molecule has 0 aromatic rings. The lowest BCUT2D eigenvalue weighted by atomic mass is 9.96. The number of rotatable bonds is 5. The maximum Gasteiger partial charge on any atom is 0.214 e. The summed E-state index contributed by atoms with van der Waals surface area (Å²) in [6, 6.07) is 0. The molecule has 1 aliphatic carbocycles. The highest BCUT2D eigenvalue weighted by molar-refractivity contribution is 7.90. The average molecular weight is 233 g/mol. The lowest BCUT2D eigenvalue weighted by molar-refractivity contribution is 0.204. The summed E-state index contributed by atoms with van der Waals surface area (Å²) in [7, 11) is -1.63. The second kappa shape index (κ2) is 5.63. The molecule has 15 heavy (non-hydrogen) atoms. The summed E-state index contributed by atoms with van der Waals surface area (Å²) in [5.74, 6) is 0. The molecule has 1 rings (SSSR count). The first-order chi connectivity index (χ1) is 7.06. The van der Waals surface area contributed by atoms with Crippen LogP contribution in [0.3, 0.4) is 0 Å². The minimum absolute atomic E-state index is 0.296. The Morgan fingerprint density at radius 2 is 2.33 bits per heavy atom. The minimum atomic E-state index is -3.18. The van der Waals surface area contributed by atoms with Crippen LogP contribution < -0.4 is 4.72 Å². The maximum atomic E-state index is 11.8. The summed E-state index contributed by atoms with van der Waals surface area (Å²) in [5.41, 5.74) is 1.04. The van der Waals surface area contributed by atoms with Gasteiger partial charge in [-0.05, 0) is 25.7 Å². The van der Waals surface area contributed by atoms with E-state index < -0.39 is 10.0 Å². The number of methoxy groups -OCH3 is 1. The van der Waals surface area contributed by atoms with Crippen molar-refractivity contribution in [1.82, 2.24) is 4.72 Å². The Kier molecular flexibility index (Phi) is 4.76. The number of allylic oxidation sites excluding steroid dienone is 1. The molecule has 0 aromatic heterocycles. The molecule has 1 fully saturated rings. The van der Waals surface area contributed by atoms with E-state index in [2.05, 4.69) is 11.3 Å². The molecule has 0 aromatic carbocycles. The third-order valence-corrected chi connectivity index (χ3v) is 4.51. The van der Waals surface area contributed by atoms with E-state index >= 15 is 0 Å². The Hall–Kier alpha value is -0.390. The molecule has 1 unspecified atom stereocenters. The van der Waals surface area contributed by atoms with E-state index in [1.54, 1.807) is 7.11 Å². The van der Waals surface area contributed by atoms with Gasteiger partial charge in [-0.3, -0.25) is 0 Å². The fraction of sp³-hybridized carbons (Fsp3) is 0.800. The summed E-state index contributed by atoms with van der Waals surface area (Å²) in [6.07, 6.45) is 3.22. The molecule has 1 N–H and O–H groups in total. The van der Waals surface area contributed by atoms with Gasteiger partial charge < -0.3 is 4.74 Å². The summed E-state index contributed by atoms with van der Waals surface area (Å²) in [4.78, 5) is 0. The molecule has 1 aliphatic rings. The summed E-state index contributed by atoms with van der Waals surface area (Å²) < 4.78 is 31.0. The maximum absolute atomic E-state index is 11.8. The van der Waals surface area contributed by atoms with Gasteiger partial charge in [0.15, 0.2) is 0 Å². The molecule has 0 spiro atoms. The van der Waals surface area contributed by atoms with Gasteiger partial charge in [-0.1, -0.05) is 12.2 Å². The van der Waals surface area contributed by atoms with Gasteiger partial charge in [0.05, 0.1) is 11.9 Å². The van der Waals surface area contributed by atoms with E-state index in [-0.39, 0.29) is 5.25 Å². The monoisotopic (exact) mass is 233 g/mol. The van der Waals surface area contributed by atoms with Crippen LogP contribution in [0.4, 0.5) is 0 Å². The second-order valence-corrected chi connectivity index (χ2v) is 5.95. The first-order valence-electron chi connectivity index (χ1n) is 5.20. The van der Waals surface area contributed by atoms with E-state index in [1.807, 2.05) is 0 Å². The topological polar surface area (TPSA) is 55.4 Å². The quantitative estimate of drug-likeness (QED) is 0.570. The van der Waals surface area contributed by atoms with Crippen LogP contribution in [-0.4, -0.2) is 33.9 Å². The summed E-state index contributed by atoms with van der Waals surface area (Å²) in [5, 5.41) is -0.296. The van der Waals surface area contributed by atoms with E-state index in [1.165, 1.54) is 0 Å². The molecule has 0 aliphatic heterocycles. The van der Waals surface area contributed by atoms with Crippen LogP contribution in [0.25, 0.3) is 0 Å². The van der Waals surface area contributed by atoms with Gasteiger partial charge in [-0.15, -0.1) is 0 Å². The number of nitrogens with one attached hydrogen (secondary N) is 1. The molecule has 0 radical (unpaired) electrons. The van der Waals surface area contributed by atoms with Crippen molar-refractivity contribution < 1.29 is 13.2 Å². The lowest BCUT2D eigenvalue weighted by Gasteiger charge is -2.23. The normalized spacial score (nSPS) is 23.0. The summed E-state index contributed by atoms with van der Waals surface area (Å²) in [6.45, 7) is 4.62. The number of hydrogen-bond donors (Lipinski definition) is 1. The van der Waals surface area contributed by atoms with Crippen LogP contribution >= 0.6 is 0 Å². The third kappa shape index (κ3) is 3.93. The fourth-order valence-electron chi connectivity index (χ4n) is 1.77. The molecule has 1 atom stereocenters. The van der Waals surface area contributed by atoms with Crippen molar-refractivity contribution in [3.05, 3.63) is 12.2 Å². The van der Waals surface area contributed by atoms with Crippen molar-refractivity contribution in [3.63, 3.8) is 0 Å². The Bertz CT molecular complexity index is 311. The van der Waals surface area contributed by atoms with E-state index in [9.17, 15) is 8.42 Å². The van der Waals surface area contributed by atoms with Crippen LogP contribution in [0.15, 0.2) is 12.2 Å². The standard InChI is InChI=1S/C10H19NO3S/c1-9-4-3-5-10(8-9)15(12,13)11-6-7-14-2/h10-11H,1,3-8H2,2H3. The lowest BCUT2D eigenvalue weighted by Crippen LogP contribution is -2.37. The zero-order chi connectivity index (χ0) is 11.3. The Morgan fingerprint density at radius 3 is 2.93 bits per heavy atom. The largest absolute Gasteiger partial charge is 0.383 e. The van der Waals surface area contributed by atoms with E-state index in [4.69, 9.17) is 4.74 Å². The second-order valence-electron chi connectivity index (χ2n) is 3.90. The number of sulfonamides is 1. The molecule has 1 saturated carbocycles. The molecule has 88 valence electrons. The van der Waals surface area contributed by atoms with Gasteiger partial charge in [0.25, 0.3) is 0 Å². The molecule has 5 heteroatoms. The Labute approximate surface area is 91.8 Å². The minimum Gasteiger partial charge on any atom is -0.383 e. The smallest absolute Gasteiger partial charge is 0.214 e. The predicted molar refractivity (Wildman–Crippen MR) is 60.2 cm³/mol. The molecule has 0 saturated heterocycles. The van der Waals surface area contributed by atoms with Gasteiger partial charge in [-0.2, -0.15) is 0 Å². The number of hydrogen-bond acceptors (Lipinski definition) is 3. The van der Waals surface area contributed by atoms with Crippen molar-refractivity contribution >= 4 is 10.0 Å². The fourth-order valence-corrected chi connectivity index (χ4v) is 3.31. The van der Waals surface area contributed by atoms with Gasteiger partial charge >= 0.3 is 0 Å². The molecule has 0 bridgehead atoms. The molecular weight excluding hydrogens is 214 g/mol. The highest BCUT2D eigenvalue weighted by Gasteiger charge is 2.27. The highest BCUT2D eigenvalue weighted by atomic mass is 32.2.